The maximum Gasteiger partial charge on any atom is 0.305 e. The number of unbranched alkanes of at least 4 members (excludes halogenated alkanes) is 5. The molecule has 0 amide bonds. The second-order valence-corrected chi connectivity index (χ2v) is 6.59. The number of hydrogen-bond acceptors (Lipinski definition) is 4. The molecular weight excluding hydrogens is 304 g/mol. The maximum atomic E-state index is 11.7. The van der Waals surface area contributed by atoms with Crippen molar-refractivity contribution in [3.63, 3.8) is 0 Å². The molecule has 0 spiro atoms. The fraction of sp³-hybridized carbons (Fsp3) is 0.900. The van der Waals surface area contributed by atoms with Crippen LogP contribution in [-0.2, 0) is 19.1 Å². The van der Waals surface area contributed by atoms with Crippen molar-refractivity contribution in [1.82, 2.24) is 0 Å². The Morgan fingerprint density at radius 3 is 2.00 bits per heavy atom. The van der Waals surface area contributed by atoms with Gasteiger partial charge in [-0.1, -0.05) is 65.7 Å². The second kappa shape index (κ2) is 16.8. The third-order valence-corrected chi connectivity index (χ3v) is 4.30. The van der Waals surface area contributed by atoms with E-state index in [1.807, 2.05) is 0 Å². The van der Waals surface area contributed by atoms with Crippen LogP contribution in [0, 0.1) is 5.92 Å². The molecule has 0 fully saturated rings. The van der Waals surface area contributed by atoms with Crippen LogP contribution < -0.4 is 0 Å². The third kappa shape index (κ3) is 14.5. The smallest absolute Gasteiger partial charge is 0.305 e. The Hall–Kier alpha value is -1.06. The fourth-order valence-corrected chi connectivity index (χ4v) is 2.52. The molecule has 1 unspecified atom stereocenters. The van der Waals surface area contributed by atoms with Gasteiger partial charge in [0.15, 0.2) is 0 Å². The van der Waals surface area contributed by atoms with Gasteiger partial charge in [-0.15, -0.1) is 0 Å². The van der Waals surface area contributed by atoms with Gasteiger partial charge in [0.05, 0.1) is 13.2 Å². The Morgan fingerprint density at radius 2 is 1.38 bits per heavy atom. The van der Waals surface area contributed by atoms with Gasteiger partial charge in [-0.2, -0.15) is 0 Å². The molecule has 0 heterocycles. The lowest BCUT2D eigenvalue weighted by atomic mass is 10.0. The van der Waals surface area contributed by atoms with E-state index in [4.69, 9.17) is 9.47 Å². The molecule has 142 valence electrons. The van der Waals surface area contributed by atoms with Gasteiger partial charge in [0, 0.05) is 12.8 Å². The van der Waals surface area contributed by atoms with Crippen LogP contribution >= 0.6 is 0 Å². The van der Waals surface area contributed by atoms with E-state index >= 15 is 0 Å². The maximum absolute atomic E-state index is 11.7. The lowest BCUT2D eigenvalue weighted by Gasteiger charge is -2.14. The highest BCUT2D eigenvalue weighted by Crippen LogP contribution is 2.13. The van der Waals surface area contributed by atoms with E-state index < -0.39 is 0 Å². The van der Waals surface area contributed by atoms with E-state index in [0.29, 0.717) is 38.4 Å². The molecule has 0 saturated heterocycles. The zero-order valence-corrected chi connectivity index (χ0v) is 16.1. The van der Waals surface area contributed by atoms with Crippen molar-refractivity contribution in [2.24, 2.45) is 5.92 Å². The summed E-state index contributed by atoms with van der Waals surface area (Å²) in [6.07, 6.45) is 11.3. The summed E-state index contributed by atoms with van der Waals surface area (Å²) in [5, 5.41) is 0. The van der Waals surface area contributed by atoms with Gasteiger partial charge in [-0.05, 0) is 25.2 Å². The van der Waals surface area contributed by atoms with E-state index in [0.717, 1.165) is 25.7 Å². The van der Waals surface area contributed by atoms with Crippen LogP contribution in [-0.4, -0.2) is 25.2 Å². The van der Waals surface area contributed by atoms with Gasteiger partial charge in [0.25, 0.3) is 0 Å². The molecule has 24 heavy (non-hydrogen) atoms. The normalized spacial score (nSPS) is 12.0. The van der Waals surface area contributed by atoms with Crippen LogP contribution in [0.15, 0.2) is 0 Å². The van der Waals surface area contributed by atoms with E-state index in [1.54, 1.807) is 0 Å². The molecular formula is C20H38O4. The van der Waals surface area contributed by atoms with Crippen LogP contribution in [0.2, 0.25) is 0 Å². The van der Waals surface area contributed by atoms with Crippen molar-refractivity contribution in [3.8, 4) is 0 Å². The molecule has 0 saturated carbocycles. The Balaban J connectivity index is 3.57. The minimum Gasteiger partial charge on any atom is -0.466 e. The first-order valence-corrected chi connectivity index (χ1v) is 9.95. The average Bonchev–Trinajstić information content (AvgIpc) is 2.58. The summed E-state index contributed by atoms with van der Waals surface area (Å²) in [4.78, 5) is 23.3. The largest absolute Gasteiger partial charge is 0.466 e. The number of hydrogen-bond donors (Lipinski definition) is 0. The molecule has 0 radical (unpaired) electrons. The molecule has 0 aromatic carbocycles. The Kier molecular flexibility index (Phi) is 16.0. The van der Waals surface area contributed by atoms with Crippen molar-refractivity contribution in [3.05, 3.63) is 0 Å². The summed E-state index contributed by atoms with van der Waals surface area (Å²) < 4.78 is 10.5. The van der Waals surface area contributed by atoms with Crippen LogP contribution in [0.25, 0.3) is 0 Å². The van der Waals surface area contributed by atoms with Crippen molar-refractivity contribution in [2.75, 3.05) is 13.2 Å². The number of ether oxygens (including phenoxy) is 2. The summed E-state index contributed by atoms with van der Waals surface area (Å²) in [5.74, 6) is 0.0663. The first-order valence-electron chi connectivity index (χ1n) is 9.95. The van der Waals surface area contributed by atoms with Crippen molar-refractivity contribution in [1.29, 1.82) is 0 Å². The highest BCUT2D eigenvalue weighted by molar-refractivity contribution is 5.72. The van der Waals surface area contributed by atoms with Crippen LogP contribution in [0.5, 0.6) is 0 Å². The predicted octanol–water partition coefficient (Wildman–Crippen LogP) is 5.43. The van der Waals surface area contributed by atoms with E-state index in [2.05, 4.69) is 20.8 Å². The Labute approximate surface area is 148 Å². The number of carbonyl (C=O) groups excluding carboxylic acids is 2. The zero-order valence-electron chi connectivity index (χ0n) is 16.1. The standard InChI is InChI=1S/C20H38O4/c1-4-7-9-10-11-16-23-19(21)14-12-15-20(22)24-17-18(6-3)13-8-5-2/h18H,4-17H2,1-3H3. The molecule has 0 aliphatic rings. The van der Waals surface area contributed by atoms with Gasteiger partial charge >= 0.3 is 11.9 Å². The summed E-state index contributed by atoms with van der Waals surface area (Å²) in [6, 6.07) is 0. The second-order valence-electron chi connectivity index (χ2n) is 6.59. The van der Waals surface area contributed by atoms with E-state index in [1.165, 1.54) is 32.1 Å². The van der Waals surface area contributed by atoms with Crippen molar-refractivity contribution >= 4 is 11.9 Å². The van der Waals surface area contributed by atoms with E-state index in [-0.39, 0.29) is 11.9 Å². The highest BCUT2D eigenvalue weighted by atomic mass is 16.5. The SMILES string of the molecule is CCCCCCCOC(=O)CCCC(=O)OCC(CC)CCCC. The monoisotopic (exact) mass is 342 g/mol. The van der Waals surface area contributed by atoms with Gasteiger partial charge in [-0.3, -0.25) is 9.59 Å². The van der Waals surface area contributed by atoms with E-state index in [9.17, 15) is 9.59 Å². The van der Waals surface area contributed by atoms with Gasteiger partial charge in [0.1, 0.15) is 0 Å². The molecule has 0 aliphatic heterocycles. The molecule has 0 aliphatic carbocycles. The molecule has 4 heteroatoms. The number of carbonyl (C=O) groups is 2. The van der Waals surface area contributed by atoms with Gasteiger partial charge in [-0.25, -0.2) is 0 Å². The Bertz CT molecular complexity index is 315. The molecule has 0 aromatic heterocycles. The van der Waals surface area contributed by atoms with Crippen LogP contribution in [0.3, 0.4) is 0 Å². The minimum absolute atomic E-state index is 0.197. The van der Waals surface area contributed by atoms with Crippen molar-refractivity contribution < 1.29 is 19.1 Å². The first-order chi connectivity index (χ1) is 11.6. The summed E-state index contributed by atoms with van der Waals surface area (Å²) in [6.45, 7) is 7.49. The summed E-state index contributed by atoms with van der Waals surface area (Å²) >= 11 is 0. The zero-order chi connectivity index (χ0) is 18.0. The molecule has 0 N–H and O–H groups in total. The molecule has 0 aromatic rings. The quantitative estimate of drug-likeness (QED) is 0.277. The summed E-state index contributed by atoms with van der Waals surface area (Å²) in [7, 11) is 0. The number of esters is 2. The molecule has 1 atom stereocenters. The summed E-state index contributed by atoms with van der Waals surface area (Å²) in [5.41, 5.74) is 0. The van der Waals surface area contributed by atoms with Crippen LogP contribution in [0.1, 0.15) is 97.8 Å². The van der Waals surface area contributed by atoms with Crippen LogP contribution in [0.4, 0.5) is 0 Å². The minimum atomic E-state index is -0.201. The lowest BCUT2D eigenvalue weighted by molar-refractivity contribution is -0.146. The lowest BCUT2D eigenvalue weighted by Crippen LogP contribution is -2.14. The first kappa shape index (κ1) is 22.9. The fourth-order valence-electron chi connectivity index (χ4n) is 2.52. The van der Waals surface area contributed by atoms with Gasteiger partial charge < -0.3 is 9.47 Å². The van der Waals surface area contributed by atoms with Gasteiger partial charge in [0.2, 0.25) is 0 Å². The predicted molar refractivity (Wildman–Crippen MR) is 97.8 cm³/mol. The molecule has 4 nitrogen and oxygen atoms in total. The van der Waals surface area contributed by atoms with Crippen molar-refractivity contribution in [2.45, 2.75) is 97.8 Å². The average molecular weight is 343 g/mol. The number of rotatable bonds is 16. The third-order valence-electron chi connectivity index (χ3n) is 4.30. The highest BCUT2D eigenvalue weighted by Gasteiger charge is 2.11. The molecule has 0 bridgehead atoms. The molecule has 0 rings (SSSR count). The topological polar surface area (TPSA) is 52.6 Å². The Morgan fingerprint density at radius 1 is 0.750 bits per heavy atom.